The number of sulfonamides is 1. The summed E-state index contributed by atoms with van der Waals surface area (Å²) in [4.78, 5) is 0.0740. The van der Waals surface area contributed by atoms with E-state index in [0.29, 0.717) is 5.56 Å². The number of nitrogens with zero attached hydrogens (tertiary/aromatic N) is 1. The highest BCUT2D eigenvalue weighted by Gasteiger charge is 2.27. The monoisotopic (exact) mass is 314 g/mol. The van der Waals surface area contributed by atoms with Crippen LogP contribution in [0.1, 0.15) is 18.4 Å². The van der Waals surface area contributed by atoms with Crippen molar-refractivity contribution < 1.29 is 16.8 Å². The molecule has 2 rings (SSSR count). The van der Waals surface area contributed by atoms with Crippen LogP contribution in [0.15, 0.2) is 29.2 Å². The van der Waals surface area contributed by atoms with Gasteiger partial charge in [-0.1, -0.05) is 0 Å². The maximum absolute atomic E-state index is 12.1. The van der Waals surface area contributed by atoms with E-state index in [1.807, 2.05) is 6.07 Å². The molecule has 1 N–H and O–H groups in total. The minimum atomic E-state index is -3.68. The van der Waals surface area contributed by atoms with Crippen molar-refractivity contribution in [1.82, 2.24) is 4.72 Å². The molecule has 8 heteroatoms. The van der Waals surface area contributed by atoms with Gasteiger partial charge in [-0.05, 0) is 37.1 Å². The van der Waals surface area contributed by atoms with Crippen molar-refractivity contribution in [3.05, 3.63) is 29.8 Å². The third kappa shape index (κ3) is 3.56. The Kier molecular flexibility index (Phi) is 4.13. The zero-order valence-electron chi connectivity index (χ0n) is 10.6. The van der Waals surface area contributed by atoms with Gasteiger partial charge >= 0.3 is 0 Å². The van der Waals surface area contributed by atoms with Crippen molar-refractivity contribution in [1.29, 1.82) is 5.26 Å². The number of rotatable bonds is 3. The van der Waals surface area contributed by atoms with Crippen LogP contribution in [-0.2, 0) is 19.9 Å². The number of sulfone groups is 1. The molecule has 0 atom stereocenters. The molecule has 1 saturated heterocycles. The van der Waals surface area contributed by atoms with Crippen molar-refractivity contribution >= 4 is 19.9 Å². The molecule has 0 unspecified atom stereocenters. The number of benzene rings is 1. The predicted octanol–water partition coefficient (Wildman–Crippen LogP) is 0.414. The molecule has 20 heavy (non-hydrogen) atoms. The molecule has 108 valence electrons. The molecule has 0 radical (unpaired) electrons. The standard InChI is InChI=1S/C12H14N2O4S2/c13-9-10-1-3-12(4-2-10)20(17,18)14-11-5-7-19(15,16)8-6-11/h1-4,11,14H,5-8H2. The van der Waals surface area contributed by atoms with Gasteiger partial charge in [-0.25, -0.2) is 21.6 Å². The first kappa shape index (κ1) is 15.0. The molecular weight excluding hydrogens is 300 g/mol. The van der Waals surface area contributed by atoms with Gasteiger partial charge in [0.1, 0.15) is 9.84 Å². The average molecular weight is 314 g/mol. The third-order valence-corrected chi connectivity index (χ3v) is 6.42. The number of nitrogens with one attached hydrogen (secondary N) is 1. The smallest absolute Gasteiger partial charge is 0.229 e. The molecule has 0 aromatic heterocycles. The van der Waals surface area contributed by atoms with Crippen molar-refractivity contribution in [3.8, 4) is 6.07 Å². The number of hydrogen-bond acceptors (Lipinski definition) is 5. The van der Waals surface area contributed by atoms with Gasteiger partial charge in [0, 0.05) is 6.04 Å². The molecule has 1 aromatic carbocycles. The summed E-state index contributed by atoms with van der Waals surface area (Å²) < 4.78 is 49.3. The second-order valence-electron chi connectivity index (χ2n) is 4.68. The highest BCUT2D eigenvalue weighted by Crippen LogP contribution is 2.16. The fourth-order valence-electron chi connectivity index (χ4n) is 2.00. The van der Waals surface area contributed by atoms with Crippen LogP contribution in [0.2, 0.25) is 0 Å². The molecule has 6 nitrogen and oxygen atoms in total. The summed E-state index contributed by atoms with van der Waals surface area (Å²) in [6.45, 7) is 0. The summed E-state index contributed by atoms with van der Waals surface area (Å²) in [5, 5.41) is 8.67. The van der Waals surface area contributed by atoms with Crippen LogP contribution >= 0.6 is 0 Å². The van der Waals surface area contributed by atoms with Crippen molar-refractivity contribution in [3.63, 3.8) is 0 Å². The van der Waals surface area contributed by atoms with E-state index in [9.17, 15) is 16.8 Å². The Morgan fingerprint density at radius 3 is 2.20 bits per heavy atom. The quantitative estimate of drug-likeness (QED) is 0.870. The summed E-state index contributed by atoms with van der Waals surface area (Å²) in [7, 11) is -6.69. The Labute approximate surface area is 118 Å². The Morgan fingerprint density at radius 2 is 1.70 bits per heavy atom. The maximum Gasteiger partial charge on any atom is 0.240 e. The first-order valence-electron chi connectivity index (χ1n) is 6.05. The maximum atomic E-state index is 12.1. The molecule has 1 heterocycles. The molecule has 0 saturated carbocycles. The van der Waals surface area contributed by atoms with E-state index in [1.54, 1.807) is 0 Å². The lowest BCUT2D eigenvalue weighted by atomic mass is 10.2. The average Bonchev–Trinajstić information content (AvgIpc) is 2.41. The highest BCUT2D eigenvalue weighted by atomic mass is 32.2. The SMILES string of the molecule is N#Cc1ccc(S(=O)(=O)NC2CCS(=O)(=O)CC2)cc1. The van der Waals surface area contributed by atoms with E-state index >= 15 is 0 Å². The van der Waals surface area contributed by atoms with Gasteiger partial charge in [0.25, 0.3) is 0 Å². The number of hydrogen-bond donors (Lipinski definition) is 1. The third-order valence-electron chi connectivity index (χ3n) is 3.17. The topological polar surface area (TPSA) is 104 Å². The molecule has 0 spiro atoms. The van der Waals surface area contributed by atoms with Crippen LogP contribution < -0.4 is 4.72 Å². The summed E-state index contributed by atoms with van der Waals surface area (Å²) in [6.07, 6.45) is 0.579. The van der Waals surface area contributed by atoms with Gasteiger partial charge in [-0.15, -0.1) is 0 Å². The molecule has 1 aliphatic heterocycles. The molecule has 1 aliphatic rings. The van der Waals surface area contributed by atoms with E-state index in [4.69, 9.17) is 5.26 Å². The van der Waals surface area contributed by atoms with Crippen molar-refractivity contribution in [2.24, 2.45) is 0 Å². The van der Waals surface area contributed by atoms with E-state index < -0.39 is 19.9 Å². The number of nitriles is 1. The fraction of sp³-hybridized carbons (Fsp3) is 0.417. The van der Waals surface area contributed by atoms with E-state index in [-0.39, 0.29) is 35.3 Å². The normalized spacial score (nSPS) is 19.4. The Morgan fingerprint density at radius 1 is 1.15 bits per heavy atom. The molecule has 0 aliphatic carbocycles. The summed E-state index contributed by atoms with van der Waals surface area (Å²) in [5.41, 5.74) is 0.382. The van der Waals surface area contributed by atoms with Crippen LogP contribution in [0, 0.1) is 11.3 Å². The van der Waals surface area contributed by atoms with Gasteiger partial charge in [-0.2, -0.15) is 5.26 Å². The summed E-state index contributed by atoms with van der Waals surface area (Å²) in [6, 6.07) is 7.14. The molecule has 1 aromatic rings. The molecular formula is C12H14N2O4S2. The van der Waals surface area contributed by atoms with Crippen LogP contribution in [-0.4, -0.2) is 34.4 Å². The first-order chi connectivity index (χ1) is 9.32. The Hall–Kier alpha value is -1.43. The fourth-order valence-corrected chi connectivity index (χ4v) is 4.80. The Bertz CT molecular complexity index is 717. The zero-order chi connectivity index (χ0) is 14.8. The lowest BCUT2D eigenvalue weighted by Gasteiger charge is -2.22. The zero-order valence-corrected chi connectivity index (χ0v) is 12.2. The lowest BCUT2D eigenvalue weighted by Crippen LogP contribution is -2.40. The van der Waals surface area contributed by atoms with E-state index in [2.05, 4.69) is 4.72 Å². The Balaban J connectivity index is 2.10. The largest absolute Gasteiger partial charge is 0.240 e. The van der Waals surface area contributed by atoms with Gasteiger partial charge in [0.05, 0.1) is 28.0 Å². The minimum absolute atomic E-state index is 0.00750. The second kappa shape index (κ2) is 5.52. The molecule has 0 bridgehead atoms. The molecule has 0 amide bonds. The minimum Gasteiger partial charge on any atom is -0.229 e. The highest BCUT2D eigenvalue weighted by molar-refractivity contribution is 7.91. The van der Waals surface area contributed by atoms with Gasteiger partial charge in [0.2, 0.25) is 10.0 Å². The van der Waals surface area contributed by atoms with Crippen LogP contribution in [0.5, 0.6) is 0 Å². The van der Waals surface area contributed by atoms with Crippen molar-refractivity contribution in [2.45, 2.75) is 23.8 Å². The van der Waals surface area contributed by atoms with Crippen LogP contribution in [0.4, 0.5) is 0 Å². The van der Waals surface area contributed by atoms with Gasteiger partial charge in [0.15, 0.2) is 0 Å². The molecule has 1 fully saturated rings. The van der Waals surface area contributed by atoms with Gasteiger partial charge < -0.3 is 0 Å². The summed E-state index contributed by atoms with van der Waals surface area (Å²) >= 11 is 0. The summed E-state index contributed by atoms with van der Waals surface area (Å²) in [5.74, 6) is 0.0150. The lowest BCUT2D eigenvalue weighted by molar-refractivity contribution is 0.505. The van der Waals surface area contributed by atoms with E-state index in [1.165, 1.54) is 24.3 Å². The van der Waals surface area contributed by atoms with Crippen molar-refractivity contribution in [2.75, 3.05) is 11.5 Å². The van der Waals surface area contributed by atoms with Crippen LogP contribution in [0.3, 0.4) is 0 Å². The first-order valence-corrected chi connectivity index (χ1v) is 9.36. The van der Waals surface area contributed by atoms with E-state index in [0.717, 1.165) is 0 Å². The second-order valence-corrected chi connectivity index (χ2v) is 8.70. The van der Waals surface area contributed by atoms with Gasteiger partial charge in [-0.3, -0.25) is 0 Å². The van der Waals surface area contributed by atoms with Crippen LogP contribution in [0.25, 0.3) is 0 Å². The predicted molar refractivity (Wildman–Crippen MR) is 73.2 cm³/mol.